The molecule has 0 saturated heterocycles. The standard InChI is InChI=1S/C19H20N4O5/c1-28-8-2-6-23-18(26)12-4-3-11(9-14(12)19(23)27)17(25)22-7-5-13-15(10-22)20-21-16(13)24/h3-4,9H,2,5-8,10H2,1H3,(H2,20,21,24). The van der Waals surface area contributed by atoms with E-state index in [1.54, 1.807) is 18.1 Å². The van der Waals surface area contributed by atoms with E-state index < -0.39 is 0 Å². The summed E-state index contributed by atoms with van der Waals surface area (Å²) in [6.07, 6.45) is 1.02. The SMILES string of the molecule is COCCCN1C(=O)c2ccc(C(=O)N3CCc4c([nH][nH]c4=O)C3)cc2C1=O. The topological polar surface area (TPSA) is 116 Å². The highest BCUT2D eigenvalue weighted by Gasteiger charge is 2.36. The van der Waals surface area contributed by atoms with Crippen molar-refractivity contribution >= 4 is 17.7 Å². The average Bonchev–Trinajstić information content (AvgIpc) is 3.19. The van der Waals surface area contributed by atoms with E-state index >= 15 is 0 Å². The molecule has 2 aliphatic heterocycles. The van der Waals surface area contributed by atoms with Gasteiger partial charge in [-0.3, -0.25) is 29.2 Å². The zero-order valence-corrected chi connectivity index (χ0v) is 15.4. The predicted octanol–water partition coefficient (Wildman–Crippen LogP) is 0.534. The number of ether oxygens (including phenoxy) is 1. The number of aromatic amines is 2. The van der Waals surface area contributed by atoms with Gasteiger partial charge in [0, 0.05) is 37.9 Å². The van der Waals surface area contributed by atoms with Crippen LogP contribution in [-0.2, 0) is 17.7 Å². The highest BCUT2D eigenvalue weighted by molar-refractivity contribution is 6.22. The van der Waals surface area contributed by atoms with Crippen molar-refractivity contribution in [3.05, 3.63) is 56.5 Å². The fourth-order valence-electron chi connectivity index (χ4n) is 3.69. The summed E-state index contributed by atoms with van der Waals surface area (Å²) in [4.78, 5) is 52.4. The molecular formula is C19H20N4O5. The van der Waals surface area contributed by atoms with E-state index in [0.717, 1.165) is 0 Å². The number of carbonyl (C=O) groups is 3. The van der Waals surface area contributed by atoms with Crippen LogP contribution in [0.1, 0.15) is 48.8 Å². The Kier molecular flexibility index (Phi) is 4.60. The van der Waals surface area contributed by atoms with Crippen LogP contribution in [0, 0.1) is 0 Å². The van der Waals surface area contributed by atoms with Crippen LogP contribution in [0.2, 0.25) is 0 Å². The third kappa shape index (κ3) is 2.93. The van der Waals surface area contributed by atoms with Crippen molar-refractivity contribution < 1.29 is 19.1 Å². The van der Waals surface area contributed by atoms with Crippen molar-refractivity contribution in [3.8, 4) is 0 Å². The smallest absolute Gasteiger partial charge is 0.267 e. The van der Waals surface area contributed by atoms with Gasteiger partial charge in [-0.2, -0.15) is 0 Å². The molecule has 0 unspecified atom stereocenters. The molecule has 0 saturated carbocycles. The monoisotopic (exact) mass is 384 g/mol. The molecule has 0 fully saturated rings. The first-order chi connectivity index (χ1) is 13.5. The van der Waals surface area contributed by atoms with E-state index in [1.807, 2.05) is 0 Å². The average molecular weight is 384 g/mol. The lowest BCUT2D eigenvalue weighted by atomic mass is 10.0. The molecule has 9 nitrogen and oxygen atoms in total. The summed E-state index contributed by atoms with van der Waals surface area (Å²) in [7, 11) is 1.56. The van der Waals surface area contributed by atoms with Crippen molar-refractivity contribution in [1.82, 2.24) is 20.0 Å². The lowest BCUT2D eigenvalue weighted by molar-refractivity contribution is 0.0638. The molecule has 1 aromatic heterocycles. The Morgan fingerprint density at radius 1 is 1.14 bits per heavy atom. The third-order valence-electron chi connectivity index (χ3n) is 5.18. The minimum absolute atomic E-state index is 0.155. The summed E-state index contributed by atoms with van der Waals surface area (Å²) in [6, 6.07) is 4.59. The maximum Gasteiger partial charge on any atom is 0.267 e. The van der Waals surface area contributed by atoms with Gasteiger partial charge in [0.05, 0.1) is 23.4 Å². The molecule has 3 heterocycles. The second-order valence-electron chi connectivity index (χ2n) is 6.88. The maximum absolute atomic E-state index is 12.9. The number of fused-ring (bicyclic) bond motifs is 2. The Morgan fingerprint density at radius 2 is 1.93 bits per heavy atom. The number of carbonyl (C=O) groups excluding carboxylic acids is 3. The molecule has 0 bridgehead atoms. The molecule has 2 aromatic rings. The predicted molar refractivity (Wildman–Crippen MR) is 98.2 cm³/mol. The second kappa shape index (κ2) is 7.08. The molecule has 2 N–H and O–H groups in total. The third-order valence-corrected chi connectivity index (χ3v) is 5.18. The molecular weight excluding hydrogens is 364 g/mol. The van der Waals surface area contributed by atoms with E-state index in [4.69, 9.17) is 4.74 Å². The van der Waals surface area contributed by atoms with Gasteiger partial charge in [-0.15, -0.1) is 0 Å². The van der Waals surface area contributed by atoms with Crippen LogP contribution in [0.15, 0.2) is 23.0 Å². The fraction of sp³-hybridized carbons (Fsp3) is 0.368. The highest BCUT2D eigenvalue weighted by Crippen LogP contribution is 2.25. The van der Waals surface area contributed by atoms with E-state index in [-0.39, 0.29) is 35.4 Å². The van der Waals surface area contributed by atoms with Crippen molar-refractivity contribution in [2.24, 2.45) is 0 Å². The van der Waals surface area contributed by atoms with Gasteiger partial charge in [-0.1, -0.05) is 0 Å². The quantitative estimate of drug-likeness (QED) is 0.576. The molecule has 1 aromatic carbocycles. The molecule has 9 heteroatoms. The summed E-state index contributed by atoms with van der Waals surface area (Å²) in [5, 5.41) is 5.33. The van der Waals surface area contributed by atoms with Crippen molar-refractivity contribution in [2.45, 2.75) is 19.4 Å². The Balaban J connectivity index is 1.54. The van der Waals surface area contributed by atoms with Crippen LogP contribution in [0.25, 0.3) is 0 Å². The minimum Gasteiger partial charge on any atom is -0.385 e. The lowest BCUT2D eigenvalue weighted by Gasteiger charge is -2.26. The largest absolute Gasteiger partial charge is 0.385 e. The number of aromatic nitrogens is 2. The van der Waals surface area contributed by atoms with Crippen LogP contribution in [0.5, 0.6) is 0 Å². The van der Waals surface area contributed by atoms with Gasteiger partial charge in [0.15, 0.2) is 0 Å². The number of nitrogens with one attached hydrogen (secondary N) is 2. The fourth-order valence-corrected chi connectivity index (χ4v) is 3.69. The molecule has 4 rings (SSSR count). The first kappa shape index (κ1) is 18.2. The van der Waals surface area contributed by atoms with Gasteiger partial charge >= 0.3 is 0 Å². The van der Waals surface area contributed by atoms with Crippen molar-refractivity contribution in [2.75, 3.05) is 26.8 Å². The summed E-state index contributed by atoms with van der Waals surface area (Å²) in [5.41, 5.74) is 2.12. The maximum atomic E-state index is 12.9. The Bertz CT molecular complexity index is 1020. The number of benzene rings is 1. The first-order valence-corrected chi connectivity index (χ1v) is 9.08. The number of hydrogen-bond donors (Lipinski definition) is 2. The number of amides is 3. The van der Waals surface area contributed by atoms with Gasteiger partial charge in [-0.25, -0.2) is 0 Å². The molecule has 0 radical (unpaired) electrons. The van der Waals surface area contributed by atoms with Crippen molar-refractivity contribution in [1.29, 1.82) is 0 Å². The van der Waals surface area contributed by atoms with Gasteiger partial charge < -0.3 is 14.7 Å². The van der Waals surface area contributed by atoms with Gasteiger partial charge in [-0.05, 0) is 31.0 Å². The summed E-state index contributed by atoms with van der Waals surface area (Å²) in [6.45, 7) is 1.44. The number of nitrogens with zero attached hydrogens (tertiary/aromatic N) is 2. The Morgan fingerprint density at radius 3 is 2.71 bits per heavy atom. The zero-order chi connectivity index (χ0) is 19.8. The summed E-state index contributed by atoms with van der Waals surface area (Å²) in [5.74, 6) is -0.974. The zero-order valence-electron chi connectivity index (χ0n) is 15.4. The molecule has 28 heavy (non-hydrogen) atoms. The van der Waals surface area contributed by atoms with Gasteiger partial charge in [0.2, 0.25) is 0 Å². The number of hydrogen-bond acceptors (Lipinski definition) is 5. The van der Waals surface area contributed by atoms with Crippen LogP contribution in [-0.4, -0.2) is 64.5 Å². The van der Waals surface area contributed by atoms with Crippen LogP contribution in [0.4, 0.5) is 0 Å². The number of H-pyrrole nitrogens is 2. The second-order valence-corrected chi connectivity index (χ2v) is 6.88. The normalized spacial score (nSPS) is 15.8. The van der Waals surface area contributed by atoms with Gasteiger partial charge in [0.25, 0.3) is 23.3 Å². The lowest BCUT2D eigenvalue weighted by Crippen LogP contribution is -2.37. The Labute approximate surface area is 160 Å². The van der Waals surface area contributed by atoms with Gasteiger partial charge in [0.1, 0.15) is 0 Å². The van der Waals surface area contributed by atoms with E-state index in [9.17, 15) is 19.2 Å². The van der Waals surface area contributed by atoms with Crippen LogP contribution in [0.3, 0.4) is 0 Å². The Hall–Kier alpha value is -3.20. The van der Waals surface area contributed by atoms with E-state index in [0.29, 0.717) is 54.9 Å². The number of imide groups is 1. The molecule has 3 amide bonds. The first-order valence-electron chi connectivity index (χ1n) is 9.08. The molecule has 0 aliphatic carbocycles. The summed E-state index contributed by atoms with van der Waals surface area (Å²) < 4.78 is 4.97. The van der Waals surface area contributed by atoms with E-state index in [2.05, 4.69) is 10.2 Å². The summed E-state index contributed by atoms with van der Waals surface area (Å²) >= 11 is 0. The molecule has 0 atom stereocenters. The number of methoxy groups -OCH3 is 1. The highest BCUT2D eigenvalue weighted by atomic mass is 16.5. The minimum atomic E-state index is -0.387. The number of rotatable bonds is 5. The van der Waals surface area contributed by atoms with Crippen LogP contribution < -0.4 is 5.56 Å². The van der Waals surface area contributed by atoms with Crippen LogP contribution >= 0.6 is 0 Å². The van der Waals surface area contributed by atoms with E-state index in [1.165, 1.54) is 17.0 Å². The van der Waals surface area contributed by atoms with Crippen molar-refractivity contribution in [3.63, 3.8) is 0 Å². The molecule has 0 spiro atoms. The molecule has 2 aliphatic rings. The molecule has 146 valence electrons.